The Morgan fingerprint density at radius 1 is 1.00 bits per heavy atom. The number of carbonyl (C=O) groups is 2. The van der Waals surface area contributed by atoms with Crippen molar-refractivity contribution >= 4 is 17.6 Å². The number of aromatic nitrogens is 1. The van der Waals surface area contributed by atoms with Gasteiger partial charge in [0.15, 0.2) is 17.4 Å². The summed E-state index contributed by atoms with van der Waals surface area (Å²) in [6.45, 7) is 0.0202. The van der Waals surface area contributed by atoms with Crippen LogP contribution in [0.4, 0.5) is 19.0 Å². The van der Waals surface area contributed by atoms with Gasteiger partial charge in [-0.3, -0.25) is 19.0 Å². The van der Waals surface area contributed by atoms with Gasteiger partial charge in [-0.25, -0.2) is 13.2 Å². The summed E-state index contributed by atoms with van der Waals surface area (Å²) in [7, 11) is 0. The zero-order valence-electron chi connectivity index (χ0n) is 21.0. The minimum Gasteiger partial charge on any atom is -0.493 e. The fraction of sp³-hybridized carbons (Fsp3) is 0.321. The molecule has 11 heteroatoms. The van der Waals surface area contributed by atoms with Crippen molar-refractivity contribution in [3.8, 4) is 11.4 Å². The van der Waals surface area contributed by atoms with Gasteiger partial charge in [0.1, 0.15) is 35.2 Å². The van der Waals surface area contributed by atoms with E-state index in [4.69, 9.17) is 20.9 Å². The van der Waals surface area contributed by atoms with Gasteiger partial charge in [-0.15, -0.1) is 0 Å². The van der Waals surface area contributed by atoms with Crippen LogP contribution in [0.3, 0.4) is 0 Å². The van der Waals surface area contributed by atoms with Crippen molar-refractivity contribution in [3.63, 3.8) is 0 Å². The molecule has 1 aliphatic carbocycles. The van der Waals surface area contributed by atoms with Crippen molar-refractivity contribution in [2.24, 2.45) is 5.73 Å². The van der Waals surface area contributed by atoms with Gasteiger partial charge in [-0.2, -0.15) is 0 Å². The predicted molar refractivity (Wildman–Crippen MR) is 137 cm³/mol. The van der Waals surface area contributed by atoms with E-state index in [0.29, 0.717) is 11.0 Å². The number of pyridine rings is 1. The molecule has 8 nitrogen and oxygen atoms in total. The third-order valence-corrected chi connectivity index (χ3v) is 6.51. The summed E-state index contributed by atoms with van der Waals surface area (Å²) >= 11 is 0. The van der Waals surface area contributed by atoms with Gasteiger partial charge >= 0.3 is 5.97 Å². The largest absolute Gasteiger partial charge is 0.493 e. The minimum absolute atomic E-state index is 0.0202. The second-order valence-electron chi connectivity index (χ2n) is 9.32. The highest BCUT2D eigenvalue weighted by molar-refractivity contribution is 6.11. The number of benzene rings is 2. The van der Waals surface area contributed by atoms with Gasteiger partial charge in [-0.1, -0.05) is 0 Å². The maximum atomic E-state index is 15.1. The first kappa shape index (κ1) is 27.9. The van der Waals surface area contributed by atoms with Crippen molar-refractivity contribution in [1.82, 2.24) is 4.57 Å². The molecule has 0 saturated heterocycles. The van der Waals surface area contributed by atoms with E-state index >= 15 is 8.78 Å². The molecule has 39 heavy (non-hydrogen) atoms. The molecule has 1 aromatic heterocycles. The molecule has 0 aliphatic heterocycles. The first-order valence-corrected chi connectivity index (χ1v) is 12.6. The van der Waals surface area contributed by atoms with Crippen LogP contribution in [-0.2, 0) is 9.53 Å². The number of hydrogen-bond acceptors (Lipinski definition) is 7. The molecule has 1 saturated carbocycles. The van der Waals surface area contributed by atoms with E-state index in [1.54, 1.807) is 0 Å². The van der Waals surface area contributed by atoms with Crippen LogP contribution in [-0.4, -0.2) is 35.1 Å². The zero-order valence-corrected chi connectivity index (χ0v) is 21.0. The minimum atomic E-state index is -1.15. The monoisotopic (exact) mass is 543 g/mol. The lowest BCUT2D eigenvalue weighted by Crippen LogP contribution is -2.34. The Hall–Kier alpha value is -4.12. The summed E-state index contributed by atoms with van der Waals surface area (Å²) in [5, 5.41) is 0. The van der Waals surface area contributed by atoms with Crippen LogP contribution in [0.2, 0.25) is 0 Å². The maximum Gasteiger partial charge on any atom is 0.323 e. The quantitative estimate of drug-likeness (QED) is 0.225. The van der Waals surface area contributed by atoms with Gasteiger partial charge in [0.05, 0.1) is 12.2 Å². The number of halogens is 3. The Morgan fingerprint density at radius 2 is 1.64 bits per heavy atom. The lowest BCUT2D eigenvalue weighted by atomic mass is 10.0. The average molecular weight is 544 g/mol. The molecule has 0 bridgehead atoms. The molecule has 206 valence electrons. The first-order valence-electron chi connectivity index (χ1n) is 12.6. The van der Waals surface area contributed by atoms with Crippen molar-refractivity contribution in [1.29, 1.82) is 0 Å². The fourth-order valence-corrected chi connectivity index (χ4v) is 4.44. The summed E-state index contributed by atoms with van der Waals surface area (Å²) in [5.41, 5.74) is 10.1. The van der Waals surface area contributed by atoms with Crippen molar-refractivity contribution < 1.29 is 32.2 Å². The Morgan fingerprint density at radius 3 is 2.28 bits per heavy atom. The molecule has 1 heterocycles. The van der Waals surface area contributed by atoms with E-state index in [1.807, 2.05) is 0 Å². The Kier molecular flexibility index (Phi) is 8.70. The van der Waals surface area contributed by atoms with Crippen molar-refractivity contribution in [2.75, 3.05) is 12.3 Å². The van der Waals surface area contributed by atoms with E-state index in [2.05, 4.69) is 0 Å². The normalized spacial score (nSPS) is 14.3. The molecule has 0 unspecified atom stereocenters. The summed E-state index contributed by atoms with van der Waals surface area (Å²) in [6, 6.07) is 7.64. The number of ketones is 1. The highest BCUT2D eigenvalue weighted by Crippen LogP contribution is 2.27. The molecule has 2 aromatic carbocycles. The Labute approximate surface area is 222 Å². The van der Waals surface area contributed by atoms with Crippen LogP contribution in [0.25, 0.3) is 5.69 Å². The predicted octanol–water partition coefficient (Wildman–Crippen LogP) is 4.04. The molecule has 0 spiro atoms. The SMILES string of the molecule is Nc1c(C(=O)c2ccc(F)cc2)ccc(=O)n1-c1c(F)cc(OCCC[C@H](N)C(=O)OC2CCCC2)cc1F. The zero-order chi connectivity index (χ0) is 28.1. The summed E-state index contributed by atoms with van der Waals surface area (Å²) in [6.07, 6.45) is 4.21. The number of nitrogens with two attached hydrogens (primary N) is 2. The number of hydrogen-bond donors (Lipinski definition) is 2. The van der Waals surface area contributed by atoms with Gasteiger partial charge in [0, 0.05) is 23.8 Å². The van der Waals surface area contributed by atoms with Gasteiger partial charge < -0.3 is 20.9 Å². The number of ether oxygens (including phenoxy) is 2. The molecule has 0 amide bonds. The second-order valence-corrected chi connectivity index (χ2v) is 9.32. The van der Waals surface area contributed by atoms with Gasteiger partial charge in [0.2, 0.25) is 0 Å². The molecule has 1 aliphatic rings. The van der Waals surface area contributed by atoms with Crippen LogP contribution in [0.5, 0.6) is 5.75 Å². The van der Waals surface area contributed by atoms with Gasteiger partial charge in [-0.05, 0) is 68.9 Å². The lowest BCUT2D eigenvalue weighted by molar-refractivity contribution is -0.150. The van der Waals surface area contributed by atoms with Crippen LogP contribution < -0.4 is 21.8 Å². The standard InChI is InChI=1S/C28H28F3N3O5/c29-17-9-7-16(8-10-17)26(36)20-11-12-24(35)34(27(20)33)25-21(30)14-19(15-22(25)31)38-13-3-6-23(32)28(37)39-18-4-1-2-5-18/h7-12,14-15,18,23H,1-6,13,32-33H2/t23-/m0/s1. The highest BCUT2D eigenvalue weighted by atomic mass is 19.1. The molecule has 3 aromatic rings. The molecule has 4 N–H and O–H groups in total. The Balaban J connectivity index is 1.45. The smallest absolute Gasteiger partial charge is 0.323 e. The van der Waals surface area contributed by atoms with Crippen LogP contribution in [0, 0.1) is 17.5 Å². The summed E-state index contributed by atoms with van der Waals surface area (Å²) in [5.74, 6) is -4.63. The number of anilines is 1. The van der Waals surface area contributed by atoms with E-state index in [0.717, 1.165) is 62.1 Å². The topological polar surface area (TPSA) is 127 Å². The molecule has 4 rings (SSSR count). The van der Waals surface area contributed by atoms with E-state index in [-0.39, 0.29) is 36.0 Å². The molecular weight excluding hydrogens is 515 g/mol. The second kappa shape index (κ2) is 12.2. The van der Waals surface area contributed by atoms with Crippen LogP contribution >= 0.6 is 0 Å². The van der Waals surface area contributed by atoms with Crippen molar-refractivity contribution in [2.45, 2.75) is 50.7 Å². The number of rotatable bonds is 10. The van der Waals surface area contributed by atoms with E-state index in [1.165, 1.54) is 12.1 Å². The van der Waals surface area contributed by atoms with Gasteiger partial charge in [0.25, 0.3) is 5.56 Å². The fourth-order valence-electron chi connectivity index (χ4n) is 4.44. The molecule has 1 atom stereocenters. The summed E-state index contributed by atoms with van der Waals surface area (Å²) in [4.78, 5) is 37.5. The van der Waals surface area contributed by atoms with E-state index < -0.39 is 52.3 Å². The maximum absolute atomic E-state index is 15.1. The Bertz CT molecular complexity index is 1400. The van der Waals surface area contributed by atoms with Crippen LogP contribution in [0.15, 0.2) is 53.3 Å². The third kappa shape index (κ3) is 6.48. The highest BCUT2D eigenvalue weighted by Gasteiger charge is 2.24. The number of nitrogens with zero attached hydrogens (tertiary/aromatic N) is 1. The van der Waals surface area contributed by atoms with Crippen molar-refractivity contribution in [3.05, 3.63) is 87.5 Å². The third-order valence-electron chi connectivity index (χ3n) is 6.51. The van der Waals surface area contributed by atoms with E-state index in [9.17, 15) is 18.8 Å². The molecule has 1 fully saturated rings. The number of carbonyl (C=O) groups excluding carboxylic acids is 2. The van der Waals surface area contributed by atoms with Crippen LogP contribution in [0.1, 0.15) is 54.4 Å². The molecular formula is C28H28F3N3O5. The summed E-state index contributed by atoms with van der Waals surface area (Å²) < 4.78 is 54.7. The first-order chi connectivity index (χ1) is 18.7. The average Bonchev–Trinajstić information content (AvgIpc) is 3.41. The molecule has 0 radical (unpaired) electrons. The lowest BCUT2D eigenvalue weighted by Gasteiger charge is -2.17. The number of nitrogen functional groups attached to an aromatic ring is 1. The number of esters is 1.